The zero-order valence-electron chi connectivity index (χ0n) is 12.8. The number of carbonyl (C=O) groups excluding carboxylic acids is 2. The third-order valence-corrected chi connectivity index (χ3v) is 4.50. The Bertz CT molecular complexity index is 911. The fraction of sp³-hybridized carbons (Fsp3) is 0. The molecule has 0 saturated heterocycles. The molecule has 25 heavy (non-hydrogen) atoms. The molecule has 0 atom stereocenters. The van der Waals surface area contributed by atoms with Gasteiger partial charge in [0.05, 0.1) is 15.5 Å². The normalized spacial score (nSPS) is 10.3. The van der Waals surface area contributed by atoms with Gasteiger partial charge in [-0.1, -0.05) is 17.7 Å². The molecule has 1 heterocycles. The zero-order valence-corrected chi connectivity index (χ0v) is 14.3. The van der Waals surface area contributed by atoms with Crippen LogP contribution in [0.3, 0.4) is 0 Å². The van der Waals surface area contributed by atoms with Crippen LogP contribution in [0, 0.1) is 5.82 Å². The topological polar surface area (TPSA) is 58.2 Å². The number of amides is 2. The number of hydrogen-bond donors (Lipinski definition) is 2. The van der Waals surface area contributed by atoms with E-state index in [1.807, 2.05) is 5.38 Å². The third-order valence-electron chi connectivity index (χ3n) is 3.32. The van der Waals surface area contributed by atoms with Crippen LogP contribution in [-0.4, -0.2) is 11.8 Å². The average molecular weight is 375 g/mol. The second-order valence-corrected chi connectivity index (χ2v) is 6.44. The summed E-state index contributed by atoms with van der Waals surface area (Å²) < 4.78 is 13.0. The van der Waals surface area contributed by atoms with Gasteiger partial charge in [-0.15, -0.1) is 11.3 Å². The molecule has 0 bridgehead atoms. The highest BCUT2D eigenvalue weighted by molar-refractivity contribution is 7.12. The van der Waals surface area contributed by atoms with E-state index in [2.05, 4.69) is 10.6 Å². The Morgan fingerprint density at radius 2 is 1.56 bits per heavy atom. The Morgan fingerprint density at radius 3 is 2.12 bits per heavy atom. The summed E-state index contributed by atoms with van der Waals surface area (Å²) in [6.45, 7) is 0. The Hall–Kier alpha value is -2.70. The molecule has 4 nitrogen and oxygen atoms in total. The molecule has 2 amide bonds. The van der Waals surface area contributed by atoms with E-state index in [4.69, 9.17) is 11.6 Å². The number of halogens is 2. The molecule has 2 N–H and O–H groups in total. The fourth-order valence-electron chi connectivity index (χ4n) is 2.11. The smallest absolute Gasteiger partial charge is 0.265 e. The Labute approximate surface area is 152 Å². The lowest BCUT2D eigenvalue weighted by atomic mass is 10.2. The molecule has 3 aromatic rings. The number of thiophene rings is 1. The Balaban J connectivity index is 1.66. The number of nitrogens with one attached hydrogen (secondary N) is 2. The summed E-state index contributed by atoms with van der Waals surface area (Å²) in [5.74, 6) is -1.14. The first-order chi connectivity index (χ1) is 12.0. The highest BCUT2D eigenvalue weighted by Crippen LogP contribution is 2.20. The minimum absolute atomic E-state index is 0.0392. The van der Waals surface area contributed by atoms with Crippen molar-refractivity contribution in [1.29, 1.82) is 0 Å². The summed E-state index contributed by atoms with van der Waals surface area (Å²) in [7, 11) is 0. The molecule has 0 aliphatic heterocycles. The lowest BCUT2D eigenvalue weighted by Crippen LogP contribution is -2.13. The minimum Gasteiger partial charge on any atom is -0.322 e. The molecular weight excluding hydrogens is 363 g/mol. The van der Waals surface area contributed by atoms with E-state index in [1.165, 1.54) is 23.5 Å². The highest BCUT2D eigenvalue weighted by Gasteiger charge is 2.12. The van der Waals surface area contributed by atoms with Crippen molar-refractivity contribution in [3.63, 3.8) is 0 Å². The Morgan fingerprint density at radius 1 is 0.920 bits per heavy atom. The van der Waals surface area contributed by atoms with Gasteiger partial charge < -0.3 is 10.6 Å². The average Bonchev–Trinajstić information content (AvgIpc) is 3.11. The van der Waals surface area contributed by atoms with Crippen LogP contribution in [0.2, 0.25) is 5.02 Å². The SMILES string of the molecule is O=C(Nc1ccc(NC(=O)c2ccc(F)cc2Cl)cc1)c1cccs1. The van der Waals surface area contributed by atoms with Crippen molar-refractivity contribution in [1.82, 2.24) is 0 Å². The molecule has 0 spiro atoms. The number of hydrogen-bond acceptors (Lipinski definition) is 3. The largest absolute Gasteiger partial charge is 0.322 e. The van der Waals surface area contributed by atoms with E-state index in [-0.39, 0.29) is 16.5 Å². The number of benzene rings is 2. The summed E-state index contributed by atoms with van der Waals surface area (Å²) >= 11 is 7.23. The van der Waals surface area contributed by atoms with Crippen molar-refractivity contribution < 1.29 is 14.0 Å². The summed E-state index contributed by atoms with van der Waals surface area (Å²) in [6, 6.07) is 13.8. The molecule has 0 fully saturated rings. The molecule has 7 heteroatoms. The molecule has 2 aromatic carbocycles. The van der Waals surface area contributed by atoms with Gasteiger partial charge in [-0.25, -0.2) is 4.39 Å². The number of rotatable bonds is 4. The monoisotopic (exact) mass is 374 g/mol. The second kappa shape index (κ2) is 7.46. The maximum Gasteiger partial charge on any atom is 0.265 e. The van der Waals surface area contributed by atoms with Gasteiger partial charge >= 0.3 is 0 Å². The van der Waals surface area contributed by atoms with Crippen LogP contribution < -0.4 is 10.6 Å². The number of carbonyl (C=O) groups is 2. The molecular formula is C18H12ClFN2O2S. The molecule has 0 aliphatic carbocycles. The molecule has 0 unspecified atom stereocenters. The van der Waals surface area contributed by atoms with Gasteiger partial charge in [-0.3, -0.25) is 9.59 Å². The molecule has 3 rings (SSSR count). The van der Waals surface area contributed by atoms with Crippen molar-refractivity contribution in [2.75, 3.05) is 10.6 Å². The molecule has 0 radical (unpaired) electrons. The molecule has 0 saturated carbocycles. The van der Waals surface area contributed by atoms with Crippen LogP contribution >= 0.6 is 22.9 Å². The second-order valence-electron chi connectivity index (χ2n) is 5.09. The van der Waals surface area contributed by atoms with E-state index >= 15 is 0 Å². The van der Waals surface area contributed by atoms with Gasteiger partial charge in [0.2, 0.25) is 0 Å². The minimum atomic E-state index is -0.507. The first-order valence-corrected chi connectivity index (χ1v) is 8.50. The maximum absolute atomic E-state index is 13.0. The lowest BCUT2D eigenvalue weighted by molar-refractivity contribution is 0.102. The summed E-state index contributed by atoms with van der Waals surface area (Å²) in [5, 5.41) is 7.30. The van der Waals surface area contributed by atoms with Crippen molar-refractivity contribution >= 4 is 46.1 Å². The van der Waals surface area contributed by atoms with E-state index in [0.29, 0.717) is 16.3 Å². The zero-order chi connectivity index (χ0) is 17.8. The predicted molar refractivity (Wildman–Crippen MR) is 98.1 cm³/mol. The fourth-order valence-corrected chi connectivity index (χ4v) is 2.98. The van der Waals surface area contributed by atoms with E-state index in [9.17, 15) is 14.0 Å². The Kier molecular flexibility index (Phi) is 5.11. The maximum atomic E-state index is 13.0. The van der Waals surface area contributed by atoms with Crippen LogP contribution in [-0.2, 0) is 0 Å². The van der Waals surface area contributed by atoms with E-state index in [0.717, 1.165) is 6.07 Å². The van der Waals surface area contributed by atoms with Gasteiger partial charge in [0.1, 0.15) is 5.82 Å². The first kappa shape index (κ1) is 17.1. The highest BCUT2D eigenvalue weighted by atomic mass is 35.5. The van der Waals surface area contributed by atoms with Gasteiger partial charge in [0, 0.05) is 11.4 Å². The van der Waals surface area contributed by atoms with Crippen LogP contribution in [0.15, 0.2) is 60.0 Å². The standard InChI is InChI=1S/C18H12ClFN2O2S/c19-15-10-11(20)3-8-14(15)17(23)21-12-4-6-13(7-5-12)22-18(24)16-2-1-9-25-16/h1-10H,(H,21,23)(H,22,24). The summed E-state index contributed by atoms with van der Waals surface area (Å²) in [5.41, 5.74) is 1.31. The predicted octanol–water partition coefficient (Wildman–Crippen LogP) is 5.05. The quantitative estimate of drug-likeness (QED) is 0.671. The van der Waals surface area contributed by atoms with Crippen molar-refractivity contribution in [2.24, 2.45) is 0 Å². The van der Waals surface area contributed by atoms with Crippen molar-refractivity contribution in [2.45, 2.75) is 0 Å². The van der Waals surface area contributed by atoms with Crippen LogP contribution in [0.5, 0.6) is 0 Å². The van der Waals surface area contributed by atoms with Gasteiger partial charge in [-0.2, -0.15) is 0 Å². The first-order valence-electron chi connectivity index (χ1n) is 7.24. The molecule has 0 aliphatic rings. The molecule has 126 valence electrons. The summed E-state index contributed by atoms with van der Waals surface area (Å²) in [4.78, 5) is 24.8. The van der Waals surface area contributed by atoms with E-state index in [1.54, 1.807) is 36.4 Å². The van der Waals surface area contributed by atoms with Gasteiger partial charge in [0.25, 0.3) is 11.8 Å². The van der Waals surface area contributed by atoms with Crippen molar-refractivity contribution in [3.05, 3.63) is 81.3 Å². The van der Waals surface area contributed by atoms with Gasteiger partial charge in [-0.05, 0) is 53.9 Å². The molecule has 1 aromatic heterocycles. The van der Waals surface area contributed by atoms with Gasteiger partial charge in [0.15, 0.2) is 0 Å². The van der Waals surface area contributed by atoms with Crippen LogP contribution in [0.4, 0.5) is 15.8 Å². The van der Waals surface area contributed by atoms with Crippen molar-refractivity contribution in [3.8, 4) is 0 Å². The van der Waals surface area contributed by atoms with E-state index < -0.39 is 11.7 Å². The van der Waals surface area contributed by atoms with Crippen LogP contribution in [0.1, 0.15) is 20.0 Å². The lowest BCUT2D eigenvalue weighted by Gasteiger charge is -2.08. The number of anilines is 2. The summed E-state index contributed by atoms with van der Waals surface area (Å²) in [6.07, 6.45) is 0. The van der Waals surface area contributed by atoms with Crippen LogP contribution in [0.25, 0.3) is 0 Å². The third kappa shape index (κ3) is 4.23.